The van der Waals surface area contributed by atoms with Crippen LogP contribution in [0, 0.1) is 5.92 Å². The van der Waals surface area contributed by atoms with Crippen molar-refractivity contribution < 1.29 is 0 Å². The first kappa shape index (κ1) is 10.7. The van der Waals surface area contributed by atoms with E-state index in [2.05, 4.69) is 48.9 Å². The van der Waals surface area contributed by atoms with E-state index in [1.807, 2.05) is 0 Å². The van der Waals surface area contributed by atoms with Crippen molar-refractivity contribution in [2.24, 2.45) is 5.92 Å². The maximum absolute atomic E-state index is 3.42. The molecule has 0 saturated carbocycles. The van der Waals surface area contributed by atoms with Gasteiger partial charge >= 0.3 is 0 Å². The second-order valence-electron chi connectivity index (χ2n) is 4.28. The number of nitrogens with one attached hydrogen (secondary N) is 2. The molecule has 0 aromatic heterocycles. The molecule has 1 saturated heterocycles. The number of rotatable bonds is 4. The number of hydrogen-bond donors (Lipinski definition) is 2. The standard InChI is InChI=1S/C13H20N2/c1-3-10-4-6-11(7-5-10)13(14-2)12-8-15-9-12/h4-7,12-15H,3,8-9H2,1-2H3. The number of aryl methyl sites for hydroxylation is 1. The molecule has 2 nitrogen and oxygen atoms in total. The fourth-order valence-corrected chi connectivity index (χ4v) is 2.18. The molecule has 2 heteroatoms. The van der Waals surface area contributed by atoms with E-state index in [-0.39, 0.29) is 0 Å². The quantitative estimate of drug-likeness (QED) is 0.780. The third-order valence-electron chi connectivity index (χ3n) is 3.34. The molecule has 0 aliphatic carbocycles. The predicted molar refractivity (Wildman–Crippen MR) is 64.0 cm³/mol. The van der Waals surface area contributed by atoms with Gasteiger partial charge in [0.05, 0.1) is 0 Å². The van der Waals surface area contributed by atoms with E-state index >= 15 is 0 Å². The smallest absolute Gasteiger partial charge is 0.0370 e. The van der Waals surface area contributed by atoms with E-state index in [0.717, 1.165) is 25.4 Å². The summed E-state index contributed by atoms with van der Waals surface area (Å²) < 4.78 is 0. The lowest BCUT2D eigenvalue weighted by Crippen LogP contribution is -2.48. The van der Waals surface area contributed by atoms with Gasteiger partial charge in [-0.05, 0) is 24.6 Å². The zero-order valence-electron chi connectivity index (χ0n) is 9.59. The van der Waals surface area contributed by atoms with E-state index in [1.165, 1.54) is 11.1 Å². The van der Waals surface area contributed by atoms with Gasteiger partial charge in [-0.1, -0.05) is 31.2 Å². The van der Waals surface area contributed by atoms with Crippen LogP contribution >= 0.6 is 0 Å². The van der Waals surface area contributed by atoms with Crippen LogP contribution in [0.3, 0.4) is 0 Å². The number of benzene rings is 1. The monoisotopic (exact) mass is 204 g/mol. The summed E-state index contributed by atoms with van der Waals surface area (Å²) in [5.74, 6) is 0.752. The summed E-state index contributed by atoms with van der Waals surface area (Å²) in [6.07, 6.45) is 1.12. The Hall–Kier alpha value is -0.860. The molecular formula is C13H20N2. The Labute approximate surface area is 92.1 Å². The second-order valence-corrected chi connectivity index (χ2v) is 4.28. The van der Waals surface area contributed by atoms with Gasteiger partial charge in [0.2, 0.25) is 0 Å². The topological polar surface area (TPSA) is 24.1 Å². The maximum atomic E-state index is 3.42. The average molecular weight is 204 g/mol. The minimum absolute atomic E-state index is 0.511. The molecule has 1 aliphatic heterocycles. The van der Waals surface area contributed by atoms with Gasteiger partial charge in [0.15, 0.2) is 0 Å². The van der Waals surface area contributed by atoms with Crippen LogP contribution in [0.1, 0.15) is 24.1 Å². The molecule has 82 valence electrons. The molecule has 0 radical (unpaired) electrons. The SMILES string of the molecule is CCc1ccc(C(NC)C2CNC2)cc1. The van der Waals surface area contributed by atoms with E-state index in [9.17, 15) is 0 Å². The summed E-state index contributed by atoms with van der Waals surface area (Å²) in [6.45, 7) is 4.47. The molecule has 15 heavy (non-hydrogen) atoms. The van der Waals surface area contributed by atoms with Gasteiger partial charge in [-0.2, -0.15) is 0 Å². The summed E-state index contributed by atoms with van der Waals surface area (Å²) >= 11 is 0. The van der Waals surface area contributed by atoms with Gasteiger partial charge in [0, 0.05) is 25.0 Å². The summed E-state index contributed by atoms with van der Waals surface area (Å²) in [5, 5.41) is 6.75. The van der Waals surface area contributed by atoms with Crippen LogP contribution in [0.4, 0.5) is 0 Å². The minimum atomic E-state index is 0.511. The minimum Gasteiger partial charge on any atom is -0.316 e. The lowest BCUT2D eigenvalue weighted by atomic mass is 9.88. The molecule has 2 rings (SSSR count). The predicted octanol–water partition coefficient (Wildman–Crippen LogP) is 1.73. The molecule has 1 unspecified atom stereocenters. The molecule has 1 aliphatic rings. The highest BCUT2D eigenvalue weighted by Crippen LogP contribution is 2.24. The highest BCUT2D eigenvalue weighted by Gasteiger charge is 2.26. The molecule has 0 bridgehead atoms. The first-order valence-corrected chi connectivity index (χ1v) is 5.82. The largest absolute Gasteiger partial charge is 0.316 e. The fraction of sp³-hybridized carbons (Fsp3) is 0.538. The van der Waals surface area contributed by atoms with Crippen molar-refractivity contribution in [2.45, 2.75) is 19.4 Å². The zero-order chi connectivity index (χ0) is 10.7. The highest BCUT2D eigenvalue weighted by atomic mass is 15.0. The fourth-order valence-electron chi connectivity index (χ4n) is 2.18. The van der Waals surface area contributed by atoms with Crippen LogP contribution < -0.4 is 10.6 Å². The van der Waals surface area contributed by atoms with E-state index in [4.69, 9.17) is 0 Å². The Bertz CT molecular complexity index is 301. The summed E-state index contributed by atoms with van der Waals surface area (Å²) in [5.41, 5.74) is 2.83. The maximum Gasteiger partial charge on any atom is 0.0370 e. The molecule has 1 aromatic rings. The van der Waals surface area contributed by atoms with Crippen LogP contribution in [0.5, 0.6) is 0 Å². The summed E-state index contributed by atoms with van der Waals surface area (Å²) in [6, 6.07) is 9.52. The summed E-state index contributed by atoms with van der Waals surface area (Å²) in [7, 11) is 2.05. The van der Waals surface area contributed by atoms with Crippen molar-refractivity contribution >= 4 is 0 Å². The van der Waals surface area contributed by atoms with Crippen LogP contribution in [-0.2, 0) is 6.42 Å². The Kier molecular flexibility index (Phi) is 3.39. The highest BCUT2D eigenvalue weighted by molar-refractivity contribution is 5.26. The molecule has 1 atom stereocenters. The van der Waals surface area contributed by atoms with Crippen LogP contribution in [0.2, 0.25) is 0 Å². The normalized spacial score (nSPS) is 18.5. The molecular weight excluding hydrogens is 184 g/mol. The van der Waals surface area contributed by atoms with Crippen LogP contribution in [0.25, 0.3) is 0 Å². The Balaban J connectivity index is 2.11. The van der Waals surface area contributed by atoms with Gasteiger partial charge in [0.25, 0.3) is 0 Å². The average Bonchev–Trinajstić information content (AvgIpc) is 2.23. The van der Waals surface area contributed by atoms with Crippen LogP contribution in [0.15, 0.2) is 24.3 Å². The molecule has 1 aromatic carbocycles. The van der Waals surface area contributed by atoms with Gasteiger partial charge in [-0.3, -0.25) is 0 Å². The van der Waals surface area contributed by atoms with E-state index < -0.39 is 0 Å². The van der Waals surface area contributed by atoms with Gasteiger partial charge in [-0.15, -0.1) is 0 Å². The van der Waals surface area contributed by atoms with Gasteiger partial charge in [-0.25, -0.2) is 0 Å². The van der Waals surface area contributed by atoms with Crippen molar-refractivity contribution in [3.8, 4) is 0 Å². The Morgan fingerprint density at radius 1 is 1.33 bits per heavy atom. The molecule has 2 N–H and O–H groups in total. The zero-order valence-corrected chi connectivity index (χ0v) is 9.59. The first-order chi connectivity index (χ1) is 7.35. The molecule has 0 amide bonds. The summed E-state index contributed by atoms with van der Waals surface area (Å²) in [4.78, 5) is 0. The second kappa shape index (κ2) is 4.77. The first-order valence-electron chi connectivity index (χ1n) is 5.82. The lowest BCUT2D eigenvalue weighted by molar-refractivity contribution is 0.268. The van der Waals surface area contributed by atoms with Crippen molar-refractivity contribution in [3.63, 3.8) is 0 Å². The van der Waals surface area contributed by atoms with Crippen molar-refractivity contribution in [1.82, 2.24) is 10.6 Å². The van der Waals surface area contributed by atoms with Crippen molar-refractivity contribution in [3.05, 3.63) is 35.4 Å². The van der Waals surface area contributed by atoms with Crippen LogP contribution in [-0.4, -0.2) is 20.1 Å². The molecule has 1 heterocycles. The molecule has 0 spiro atoms. The lowest BCUT2D eigenvalue weighted by Gasteiger charge is -2.35. The third-order valence-corrected chi connectivity index (χ3v) is 3.34. The molecule has 1 fully saturated rings. The Morgan fingerprint density at radius 2 is 2.00 bits per heavy atom. The Morgan fingerprint density at radius 3 is 2.40 bits per heavy atom. The van der Waals surface area contributed by atoms with Gasteiger partial charge in [0.1, 0.15) is 0 Å². The van der Waals surface area contributed by atoms with E-state index in [1.54, 1.807) is 0 Å². The number of hydrogen-bond acceptors (Lipinski definition) is 2. The van der Waals surface area contributed by atoms with E-state index in [0.29, 0.717) is 6.04 Å². The van der Waals surface area contributed by atoms with Gasteiger partial charge < -0.3 is 10.6 Å². The van der Waals surface area contributed by atoms with Crippen molar-refractivity contribution in [2.75, 3.05) is 20.1 Å². The van der Waals surface area contributed by atoms with Crippen molar-refractivity contribution in [1.29, 1.82) is 0 Å². The third kappa shape index (κ3) is 2.21.